The van der Waals surface area contributed by atoms with Gasteiger partial charge in [-0.1, -0.05) is 76.1 Å². The van der Waals surface area contributed by atoms with Crippen LogP contribution in [0.5, 0.6) is 0 Å². The van der Waals surface area contributed by atoms with Gasteiger partial charge in [0.25, 0.3) is 5.91 Å². The predicted octanol–water partition coefficient (Wildman–Crippen LogP) is 6.53. The Labute approximate surface area is 189 Å². The fraction of sp³-hybridized carbons (Fsp3) is 0.160. The average molecular weight is 480 g/mol. The largest absolute Gasteiger partial charge is 0.503 e. The van der Waals surface area contributed by atoms with Crippen molar-refractivity contribution in [1.29, 1.82) is 0 Å². The van der Waals surface area contributed by atoms with Gasteiger partial charge in [0.05, 0.1) is 6.04 Å². The molecule has 0 bridgehead atoms. The summed E-state index contributed by atoms with van der Waals surface area (Å²) in [5, 5.41) is 10.9. The third-order valence-corrected chi connectivity index (χ3v) is 6.84. The maximum Gasteiger partial charge on any atom is 0.290 e. The molecule has 1 heterocycles. The number of benzene rings is 3. The van der Waals surface area contributed by atoms with Crippen molar-refractivity contribution in [2.45, 2.75) is 24.4 Å². The molecule has 1 aliphatic heterocycles. The molecule has 0 saturated carbocycles. The van der Waals surface area contributed by atoms with Gasteiger partial charge in [0.15, 0.2) is 5.76 Å². The molecule has 0 fully saturated rings. The summed E-state index contributed by atoms with van der Waals surface area (Å²) < 4.78 is 0.907. The molecule has 0 aliphatic carbocycles. The lowest BCUT2D eigenvalue weighted by atomic mass is 9.93. The third kappa shape index (κ3) is 3.92. The third-order valence-electron chi connectivity index (χ3n) is 5.38. The lowest BCUT2D eigenvalue weighted by Gasteiger charge is -2.28. The van der Waals surface area contributed by atoms with Crippen molar-refractivity contribution >= 4 is 39.2 Å². The topological polar surface area (TPSA) is 40.5 Å². The van der Waals surface area contributed by atoms with Gasteiger partial charge in [0.1, 0.15) is 0 Å². The molecule has 3 aromatic rings. The number of carbonyl (C=O) groups is 1. The van der Waals surface area contributed by atoms with Crippen LogP contribution in [-0.4, -0.2) is 22.2 Å². The van der Waals surface area contributed by atoms with Crippen LogP contribution < -0.4 is 0 Å². The van der Waals surface area contributed by atoms with Crippen LogP contribution in [0.2, 0.25) is 0 Å². The Hall–Kier alpha value is -2.50. The molecule has 30 heavy (non-hydrogen) atoms. The Kier molecular flexibility index (Phi) is 6.02. The van der Waals surface area contributed by atoms with Gasteiger partial charge >= 0.3 is 0 Å². The number of halogens is 1. The Morgan fingerprint density at radius 1 is 1.00 bits per heavy atom. The van der Waals surface area contributed by atoms with Gasteiger partial charge in [-0.3, -0.25) is 4.79 Å². The van der Waals surface area contributed by atoms with E-state index >= 15 is 0 Å². The van der Waals surface area contributed by atoms with E-state index in [2.05, 4.69) is 28.1 Å². The minimum Gasteiger partial charge on any atom is -0.503 e. The highest BCUT2D eigenvalue weighted by molar-refractivity contribution is 9.10. The van der Waals surface area contributed by atoms with Crippen LogP contribution in [0, 0.1) is 6.92 Å². The average Bonchev–Trinajstić information content (AvgIpc) is 3.00. The zero-order valence-corrected chi connectivity index (χ0v) is 19.2. The number of hydrogen-bond donors (Lipinski definition) is 1. The minimum atomic E-state index is -0.379. The van der Waals surface area contributed by atoms with Gasteiger partial charge in [-0.25, -0.2) is 0 Å². The Balaban J connectivity index is 1.80. The fourth-order valence-corrected chi connectivity index (χ4v) is 4.70. The maximum atomic E-state index is 13.2. The van der Waals surface area contributed by atoms with Gasteiger partial charge in [0, 0.05) is 21.5 Å². The molecule has 1 N–H and O–H groups in total. The van der Waals surface area contributed by atoms with Crippen LogP contribution in [0.1, 0.15) is 28.3 Å². The van der Waals surface area contributed by atoms with E-state index in [4.69, 9.17) is 0 Å². The summed E-state index contributed by atoms with van der Waals surface area (Å²) in [5.74, 6) is -0.527. The molecule has 0 saturated heterocycles. The summed E-state index contributed by atoms with van der Waals surface area (Å²) in [6, 6.07) is 23.6. The molecule has 1 aliphatic rings. The molecule has 0 radical (unpaired) electrons. The second kappa shape index (κ2) is 8.70. The highest BCUT2D eigenvalue weighted by Crippen LogP contribution is 2.45. The van der Waals surface area contributed by atoms with Crippen molar-refractivity contribution in [3.05, 3.63) is 105 Å². The molecule has 1 amide bonds. The summed E-state index contributed by atoms with van der Waals surface area (Å²) in [5.41, 5.74) is 4.61. The molecule has 0 spiro atoms. The van der Waals surface area contributed by atoms with E-state index in [1.54, 1.807) is 16.7 Å². The number of nitrogens with zero attached hydrogens (tertiary/aromatic N) is 1. The number of carbonyl (C=O) groups excluding carboxylic acids is 1. The second-order valence-corrected chi connectivity index (χ2v) is 9.07. The number of rotatable bonds is 5. The number of hydrogen-bond acceptors (Lipinski definition) is 3. The van der Waals surface area contributed by atoms with Gasteiger partial charge in [-0.2, -0.15) is 0 Å². The van der Waals surface area contributed by atoms with Crippen LogP contribution in [0.25, 0.3) is 5.57 Å². The maximum absolute atomic E-state index is 13.2. The molecular formula is C25H22BrNO2S. The summed E-state index contributed by atoms with van der Waals surface area (Å²) in [7, 11) is 0. The monoisotopic (exact) mass is 479 g/mol. The van der Waals surface area contributed by atoms with Crippen molar-refractivity contribution in [3.63, 3.8) is 0 Å². The molecular weight excluding hydrogens is 458 g/mol. The standard InChI is InChI=1S/C25H22BrNO2S/c1-16-7-11-18(12-8-16)22-23(20-5-3-4-6-21(20)26)27(25(29)24(22)28)15-17-9-13-19(30-2)14-10-17/h3-14,23,28H,15H2,1-2H3/t23-/m1/s1. The highest BCUT2D eigenvalue weighted by Gasteiger charge is 2.41. The SMILES string of the molecule is CSc1ccc(CN2C(=O)C(O)=C(c3ccc(C)cc3)[C@H]2c2ccccc2Br)cc1. The van der Waals surface area contributed by atoms with Crippen molar-refractivity contribution in [2.75, 3.05) is 6.26 Å². The zero-order valence-electron chi connectivity index (χ0n) is 16.8. The molecule has 0 aromatic heterocycles. The Morgan fingerprint density at radius 2 is 1.67 bits per heavy atom. The molecule has 1 atom stereocenters. The van der Waals surface area contributed by atoms with Gasteiger partial charge in [0.2, 0.25) is 0 Å². The summed E-state index contributed by atoms with van der Waals surface area (Å²) in [4.78, 5) is 16.1. The number of amides is 1. The lowest BCUT2D eigenvalue weighted by molar-refractivity contribution is -0.130. The molecule has 152 valence electrons. The first-order valence-corrected chi connectivity index (χ1v) is 11.7. The number of aliphatic hydroxyl groups is 1. The molecule has 5 heteroatoms. The number of aliphatic hydroxyl groups excluding tert-OH is 1. The van der Waals surface area contributed by atoms with Crippen LogP contribution in [0.15, 0.2) is 87.9 Å². The minimum absolute atomic E-state index is 0.180. The normalized spacial score (nSPS) is 16.4. The highest BCUT2D eigenvalue weighted by atomic mass is 79.9. The zero-order chi connectivity index (χ0) is 21.3. The van der Waals surface area contributed by atoms with Crippen LogP contribution in [-0.2, 0) is 11.3 Å². The van der Waals surface area contributed by atoms with Crippen LogP contribution in [0.4, 0.5) is 0 Å². The molecule has 3 aromatic carbocycles. The van der Waals surface area contributed by atoms with Crippen molar-refractivity contribution in [2.24, 2.45) is 0 Å². The second-order valence-electron chi connectivity index (χ2n) is 7.33. The van der Waals surface area contributed by atoms with E-state index in [1.807, 2.05) is 73.8 Å². The summed E-state index contributed by atoms with van der Waals surface area (Å²) in [6.45, 7) is 2.44. The first kappa shape index (κ1) is 20.8. The van der Waals surface area contributed by atoms with Gasteiger partial charge < -0.3 is 10.0 Å². The molecule has 4 rings (SSSR count). The molecule has 3 nitrogen and oxygen atoms in total. The van der Waals surface area contributed by atoms with E-state index in [0.29, 0.717) is 12.1 Å². The lowest BCUT2D eigenvalue weighted by Crippen LogP contribution is -2.30. The summed E-state index contributed by atoms with van der Waals surface area (Å²) >= 11 is 5.33. The van der Waals surface area contributed by atoms with Crippen molar-refractivity contribution in [3.8, 4) is 0 Å². The first-order valence-electron chi connectivity index (χ1n) is 9.68. The predicted molar refractivity (Wildman–Crippen MR) is 126 cm³/mol. The van der Waals surface area contributed by atoms with Gasteiger partial charge in [-0.15, -0.1) is 11.8 Å². The fourth-order valence-electron chi connectivity index (χ4n) is 3.79. The quantitative estimate of drug-likeness (QED) is 0.422. The van der Waals surface area contributed by atoms with Crippen molar-refractivity contribution < 1.29 is 9.90 Å². The Bertz CT molecular complexity index is 1110. The Morgan fingerprint density at radius 3 is 2.30 bits per heavy atom. The first-order chi connectivity index (χ1) is 14.5. The van der Waals surface area contributed by atoms with Crippen LogP contribution >= 0.6 is 27.7 Å². The van der Waals surface area contributed by atoms with Crippen LogP contribution in [0.3, 0.4) is 0 Å². The van der Waals surface area contributed by atoms with E-state index in [9.17, 15) is 9.90 Å². The van der Waals surface area contributed by atoms with E-state index in [0.717, 1.165) is 26.7 Å². The van der Waals surface area contributed by atoms with E-state index in [-0.39, 0.29) is 17.7 Å². The van der Waals surface area contributed by atoms with Gasteiger partial charge in [-0.05, 0) is 48.1 Å². The van der Waals surface area contributed by atoms with E-state index < -0.39 is 0 Å². The number of aryl methyl sites for hydroxylation is 1. The smallest absolute Gasteiger partial charge is 0.290 e. The molecule has 0 unspecified atom stereocenters. The van der Waals surface area contributed by atoms with E-state index in [1.165, 1.54) is 4.90 Å². The summed E-state index contributed by atoms with van der Waals surface area (Å²) in [6.07, 6.45) is 2.04. The van der Waals surface area contributed by atoms with Crippen molar-refractivity contribution in [1.82, 2.24) is 4.90 Å². The number of thioether (sulfide) groups is 1.